The monoisotopic (exact) mass is 396 g/mol. The minimum Gasteiger partial charge on any atom is -0.491 e. The van der Waals surface area contributed by atoms with Gasteiger partial charge in [-0.25, -0.2) is 4.79 Å². The smallest absolute Gasteiger partial charge is 0.374 e. The number of benzene rings is 2. The maximum absolute atomic E-state index is 12.2. The summed E-state index contributed by atoms with van der Waals surface area (Å²) in [6.07, 6.45) is 2.59. The quantitative estimate of drug-likeness (QED) is 0.220. The Labute approximate surface area is 172 Å². The summed E-state index contributed by atoms with van der Waals surface area (Å²) < 4.78 is 10.6. The number of hydrogen-bond donors (Lipinski definition) is 0. The van der Waals surface area contributed by atoms with Crippen LogP contribution < -0.4 is 4.74 Å². The molecule has 2 aromatic rings. The summed E-state index contributed by atoms with van der Waals surface area (Å²) >= 11 is 0. The van der Waals surface area contributed by atoms with E-state index >= 15 is 0 Å². The Balaban J connectivity index is 1.61. The van der Waals surface area contributed by atoms with Crippen molar-refractivity contribution in [3.05, 3.63) is 65.7 Å². The molecule has 0 aliphatic carbocycles. The van der Waals surface area contributed by atoms with Gasteiger partial charge in [-0.1, -0.05) is 36.8 Å². The molecule has 0 saturated carbocycles. The van der Waals surface area contributed by atoms with Crippen LogP contribution in [0.3, 0.4) is 0 Å². The highest BCUT2D eigenvalue weighted by atomic mass is 16.5. The zero-order chi connectivity index (χ0) is 21.1. The standard InChI is InChI=1S/C24H28O5/c1-18(2)29-21-15-13-20(14-16-21)22(25)11-7-4-8-12-23(26)24(27)28-17-19-9-5-3-6-10-19/h3,5-6,9-10,13-16,18H,4,7-8,11-12,17H2,1-2H3. The van der Waals surface area contributed by atoms with Crippen molar-refractivity contribution in [1.82, 2.24) is 0 Å². The van der Waals surface area contributed by atoms with E-state index in [9.17, 15) is 14.4 Å². The van der Waals surface area contributed by atoms with Gasteiger partial charge < -0.3 is 9.47 Å². The van der Waals surface area contributed by atoms with Gasteiger partial charge in [-0.05, 0) is 56.5 Å². The molecule has 0 heterocycles. The number of carbonyl (C=O) groups is 3. The average molecular weight is 396 g/mol. The maximum Gasteiger partial charge on any atom is 0.374 e. The zero-order valence-corrected chi connectivity index (χ0v) is 17.1. The largest absolute Gasteiger partial charge is 0.491 e. The second-order valence-electron chi connectivity index (χ2n) is 7.16. The molecule has 0 aliphatic rings. The van der Waals surface area contributed by atoms with Gasteiger partial charge in [0.2, 0.25) is 5.78 Å². The summed E-state index contributed by atoms with van der Waals surface area (Å²) in [6.45, 7) is 4.00. The molecule has 0 aromatic heterocycles. The molecule has 0 radical (unpaired) electrons. The summed E-state index contributed by atoms with van der Waals surface area (Å²) in [6, 6.07) is 16.4. The van der Waals surface area contributed by atoms with Gasteiger partial charge in [0.05, 0.1) is 6.10 Å². The SMILES string of the molecule is CC(C)Oc1ccc(C(=O)CCCCCC(=O)C(=O)OCc2ccccc2)cc1. The van der Waals surface area contributed by atoms with E-state index in [4.69, 9.17) is 9.47 Å². The number of ketones is 2. The fourth-order valence-electron chi connectivity index (χ4n) is 2.79. The van der Waals surface area contributed by atoms with Crippen LogP contribution in [0.2, 0.25) is 0 Å². The van der Waals surface area contributed by atoms with Crippen LogP contribution in [0.1, 0.15) is 61.9 Å². The van der Waals surface area contributed by atoms with Crippen molar-refractivity contribution in [2.45, 2.75) is 58.7 Å². The van der Waals surface area contributed by atoms with E-state index in [0.717, 1.165) is 11.3 Å². The highest BCUT2D eigenvalue weighted by molar-refractivity contribution is 6.33. The van der Waals surface area contributed by atoms with E-state index in [2.05, 4.69) is 0 Å². The normalized spacial score (nSPS) is 10.6. The number of esters is 1. The molecule has 0 N–H and O–H groups in total. The van der Waals surface area contributed by atoms with Crippen LogP contribution in [0.25, 0.3) is 0 Å². The molecule has 29 heavy (non-hydrogen) atoms. The summed E-state index contributed by atoms with van der Waals surface area (Å²) in [5.41, 5.74) is 1.50. The lowest BCUT2D eigenvalue weighted by Crippen LogP contribution is -2.17. The Kier molecular flexibility index (Phi) is 9.09. The maximum atomic E-state index is 12.2. The summed E-state index contributed by atoms with van der Waals surface area (Å²) in [7, 11) is 0. The van der Waals surface area contributed by atoms with Crippen LogP contribution in [0.4, 0.5) is 0 Å². The molecule has 0 aliphatic heterocycles. The lowest BCUT2D eigenvalue weighted by molar-refractivity contribution is -0.154. The van der Waals surface area contributed by atoms with Crippen molar-refractivity contribution < 1.29 is 23.9 Å². The summed E-state index contributed by atoms with van der Waals surface area (Å²) in [4.78, 5) is 35.8. The highest BCUT2D eigenvalue weighted by Gasteiger charge is 2.15. The topological polar surface area (TPSA) is 69.7 Å². The predicted octanol–water partition coefficient (Wildman–Crippen LogP) is 4.92. The van der Waals surface area contributed by atoms with Crippen molar-refractivity contribution in [3.63, 3.8) is 0 Å². The number of rotatable bonds is 12. The lowest BCUT2D eigenvalue weighted by Gasteiger charge is -2.09. The molecular formula is C24H28O5. The second-order valence-corrected chi connectivity index (χ2v) is 7.16. The van der Waals surface area contributed by atoms with Crippen LogP contribution in [0, 0.1) is 0 Å². The molecule has 154 valence electrons. The van der Waals surface area contributed by atoms with Crippen molar-refractivity contribution in [3.8, 4) is 5.75 Å². The molecule has 2 aromatic carbocycles. The number of hydrogen-bond acceptors (Lipinski definition) is 5. The van der Waals surface area contributed by atoms with Gasteiger partial charge in [0.15, 0.2) is 5.78 Å². The first-order valence-corrected chi connectivity index (χ1v) is 9.99. The van der Waals surface area contributed by atoms with Crippen molar-refractivity contribution in [2.24, 2.45) is 0 Å². The van der Waals surface area contributed by atoms with Gasteiger partial charge in [0, 0.05) is 18.4 Å². The molecule has 0 atom stereocenters. The van der Waals surface area contributed by atoms with E-state index in [1.165, 1.54) is 0 Å². The third kappa shape index (κ3) is 8.30. The Morgan fingerprint density at radius 3 is 2.14 bits per heavy atom. The minimum atomic E-state index is -0.798. The van der Waals surface area contributed by atoms with Crippen LogP contribution in [0.5, 0.6) is 5.75 Å². The molecule has 0 spiro atoms. The van der Waals surface area contributed by atoms with Gasteiger partial charge in [-0.15, -0.1) is 0 Å². The fourth-order valence-corrected chi connectivity index (χ4v) is 2.79. The second kappa shape index (κ2) is 11.8. The Bertz CT molecular complexity index is 794. The Morgan fingerprint density at radius 1 is 0.828 bits per heavy atom. The van der Waals surface area contributed by atoms with Crippen LogP contribution in [-0.2, 0) is 20.9 Å². The van der Waals surface area contributed by atoms with E-state index in [1.807, 2.05) is 44.2 Å². The zero-order valence-electron chi connectivity index (χ0n) is 17.1. The van der Waals surface area contributed by atoms with Gasteiger partial charge >= 0.3 is 5.97 Å². The van der Waals surface area contributed by atoms with E-state index in [0.29, 0.717) is 31.2 Å². The molecule has 5 nitrogen and oxygen atoms in total. The predicted molar refractivity (Wildman–Crippen MR) is 111 cm³/mol. The van der Waals surface area contributed by atoms with E-state index < -0.39 is 11.8 Å². The molecule has 0 fully saturated rings. The first-order valence-electron chi connectivity index (χ1n) is 9.99. The van der Waals surface area contributed by atoms with E-state index in [-0.39, 0.29) is 24.9 Å². The highest BCUT2D eigenvalue weighted by Crippen LogP contribution is 2.16. The summed E-state index contributed by atoms with van der Waals surface area (Å²) in [5.74, 6) is -0.509. The van der Waals surface area contributed by atoms with Gasteiger partial charge in [0.25, 0.3) is 0 Å². The lowest BCUT2D eigenvalue weighted by atomic mass is 10.0. The van der Waals surface area contributed by atoms with Crippen LogP contribution in [0.15, 0.2) is 54.6 Å². The molecule has 0 amide bonds. The number of Topliss-reactive ketones (excluding diaryl/α,β-unsaturated/α-hetero) is 2. The van der Waals surface area contributed by atoms with Crippen molar-refractivity contribution >= 4 is 17.5 Å². The first kappa shape index (κ1) is 22.3. The van der Waals surface area contributed by atoms with Gasteiger partial charge in [-0.2, -0.15) is 0 Å². The first-order chi connectivity index (χ1) is 14.0. The Morgan fingerprint density at radius 2 is 1.48 bits per heavy atom. The van der Waals surface area contributed by atoms with E-state index in [1.54, 1.807) is 24.3 Å². The molecule has 0 bridgehead atoms. The van der Waals surface area contributed by atoms with Gasteiger partial charge in [0.1, 0.15) is 12.4 Å². The van der Waals surface area contributed by atoms with Crippen LogP contribution >= 0.6 is 0 Å². The molecule has 0 unspecified atom stereocenters. The van der Waals surface area contributed by atoms with Crippen molar-refractivity contribution in [1.29, 1.82) is 0 Å². The molecule has 2 rings (SSSR count). The number of ether oxygens (including phenoxy) is 2. The minimum absolute atomic E-state index is 0.0645. The Hall–Kier alpha value is -2.95. The number of unbranched alkanes of at least 4 members (excludes halogenated alkanes) is 2. The molecular weight excluding hydrogens is 368 g/mol. The van der Waals surface area contributed by atoms with Gasteiger partial charge in [-0.3, -0.25) is 9.59 Å². The fraction of sp³-hybridized carbons (Fsp3) is 0.375. The third-order valence-corrected chi connectivity index (χ3v) is 4.30. The summed E-state index contributed by atoms with van der Waals surface area (Å²) in [5, 5.41) is 0. The third-order valence-electron chi connectivity index (χ3n) is 4.30. The van der Waals surface area contributed by atoms with Crippen molar-refractivity contribution in [2.75, 3.05) is 0 Å². The molecule has 0 saturated heterocycles. The molecule has 5 heteroatoms. The number of carbonyl (C=O) groups excluding carboxylic acids is 3. The average Bonchev–Trinajstić information content (AvgIpc) is 2.72. The van der Waals surface area contributed by atoms with Crippen LogP contribution in [-0.4, -0.2) is 23.6 Å².